The van der Waals surface area contributed by atoms with Gasteiger partial charge in [0.15, 0.2) is 0 Å². The van der Waals surface area contributed by atoms with Gasteiger partial charge >= 0.3 is 5.97 Å². The van der Waals surface area contributed by atoms with Crippen LogP contribution in [0.1, 0.15) is 28.8 Å². The number of nitrogens with zero attached hydrogens (tertiary/aromatic N) is 1. The predicted molar refractivity (Wildman–Crippen MR) is 79.0 cm³/mol. The molecule has 0 amide bonds. The van der Waals surface area contributed by atoms with Gasteiger partial charge in [-0.25, -0.2) is 9.78 Å². The maximum atomic E-state index is 10.8. The fourth-order valence-corrected chi connectivity index (χ4v) is 1.90. The van der Waals surface area contributed by atoms with Gasteiger partial charge in [-0.1, -0.05) is 37.3 Å². The van der Waals surface area contributed by atoms with Gasteiger partial charge in [0, 0.05) is 12.7 Å². The fourth-order valence-electron chi connectivity index (χ4n) is 1.90. The van der Waals surface area contributed by atoms with E-state index in [0.717, 1.165) is 0 Å². The molecule has 1 aromatic carbocycles. The lowest BCUT2D eigenvalue weighted by Gasteiger charge is -2.14. The highest BCUT2D eigenvalue weighted by Gasteiger charge is 2.09. The average molecular weight is 271 g/mol. The topological polar surface area (TPSA) is 88.2 Å². The van der Waals surface area contributed by atoms with Crippen molar-refractivity contribution < 1.29 is 9.90 Å². The number of pyridine rings is 1. The third-order valence-corrected chi connectivity index (χ3v) is 3.11. The number of carbonyl (C=O) groups is 1. The summed E-state index contributed by atoms with van der Waals surface area (Å²) in [6.45, 7) is 2.78. The zero-order valence-electron chi connectivity index (χ0n) is 11.2. The lowest BCUT2D eigenvalue weighted by molar-refractivity contribution is 0.0696. The van der Waals surface area contributed by atoms with Crippen molar-refractivity contribution in [3.8, 4) is 0 Å². The molecule has 1 heterocycles. The lowest BCUT2D eigenvalue weighted by Crippen LogP contribution is -2.13. The van der Waals surface area contributed by atoms with Crippen LogP contribution in [0.15, 0.2) is 42.6 Å². The summed E-state index contributed by atoms with van der Waals surface area (Å²) in [7, 11) is 0. The first-order valence-electron chi connectivity index (χ1n) is 6.35. The van der Waals surface area contributed by atoms with Gasteiger partial charge in [0.2, 0.25) is 0 Å². The lowest BCUT2D eigenvalue weighted by atomic mass is 10.0. The van der Waals surface area contributed by atoms with Gasteiger partial charge in [-0.15, -0.1) is 0 Å². The fraction of sp³-hybridized carbons (Fsp3) is 0.200. The van der Waals surface area contributed by atoms with Crippen LogP contribution in [0.3, 0.4) is 0 Å². The Bertz CT molecular complexity index is 599. The molecule has 0 saturated carbocycles. The van der Waals surface area contributed by atoms with E-state index >= 15 is 0 Å². The Morgan fingerprint density at radius 1 is 1.40 bits per heavy atom. The highest BCUT2D eigenvalue weighted by atomic mass is 16.4. The molecule has 1 unspecified atom stereocenters. The molecule has 2 aromatic rings. The van der Waals surface area contributed by atoms with E-state index in [9.17, 15) is 4.79 Å². The van der Waals surface area contributed by atoms with Crippen molar-refractivity contribution in [1.82, 2.24) is 4.98 Å². The first-order valence-corrected chi connectivity index (χ1v) is 6.35. The summed E-state index contributed by atoms with van der Waals surface area (Å²) in [6, 6.07) is 11.5. The molecule has 2 rings (SSSR count). The number of carboxylic acid groups (broad SMARTS) is 1. The Kier molecular flexibility index (Phi) is 4.20. The second-order valence-corrected chi connectivity index (χ2v) is 4.66. The van der Waals surface area contributed by atoms with Crippen LogP contribution in [0.2, 0.25) is 0 Å². The van der Waals surface area contributed by atoms with Crippen molar-refractivity contribution in [3.05, 3.63) is 53.7 Å². The Balaban J connectivity index is 2.02. The largest absolute Gasteiger partial charge is 0.478 e. The molecule has 20 heavy (non-hydrogen) atoms. The number of nitrogens with one attached hydrogen (secondary N) is 1. The van der Waals surface area contributed by atoms with Gasteiger partial charge in [0.1, 0.15) is 5.82 Å². The van der Waals surface area contributed by atoms with Crippen LogP contribution in [0.4, 0.5) is 11.5 Å². The van der Waals surface area contributed by atoms with Crippen LogP contribution in [-0.2, 0) is 0 Å². The molecule has 5 heteroatoms. The summed E-state index contributed by atoms with van der Waals surface area (Å²) in [5.74, 6) is -0.220. The number of nitrogens with two attached hydrogens (primary N) is 1. The molecule has 0 fully saturated rings. The SMILES string of the molecule is CC(CNc1ncc(C(=O)O)cc1N)c1ccccc1. The number of aromatic nitrogens is 1. The molecular weight excluding hydrogens is 254 g/mol. The van der Waals surface area contributed by atoms with Gasteiger partial charge in [-0.2, -0.15) is 0 Å². The van der Waals surface area contributed by atoms with Crippen LogP contribution in [0.25, 0.3) is 0 Å². The van der Waals surface area contributed by atoms with Crippen LogP contribution < -0.4 is 11.1 Å². The summed E-state index contributed by atoms with van der Waals surface area (Å²) >= 11 is 0. The van der Waals surface area contributed by atoms with Crippen molar-refractivity contribution in [2.45, 2.75) is 12.8 Å². The van der Waals surface area contributed by atoms with E-state index in [1.807, 2.05) is 18.2 Å². The number of hydrogen-bond acceptors (Lipinski definition) is 4. The third-order valence-electron chi connectivity index (χ3n) is 3.11. The molecule has 0 saturated heterocycles. The molecule has 0 spiro atoms. The first-order chi connectivity index (χ1) is 9.58. The zero-order valence-corrected chi connectivity index (χ0v) is 11.2. The van der Waals surface area contributed by atoms with E-state index in [2.05, 4.69) is 29.4 Å². The normalized spacial score (nSPS) is 11.8. The molecule has 1 aromatic heterocycles. The van der Waals surface area contributed by atoms with Gasteiger partial charge in [0.05, 0.1) is 11.3 Å². The number of benzene rings is 1. The minimum Gasteiger partial charge on any atom is -0.478 e. The summed E-state index contributed by atoms with van der Waals surface area (Å²) in [6.07, 6.45) is 1.30. The minimum absolute atomic E-state index is 0.0872. The molecule has 1 atom stereocenters. The number of nitrogen functional groups attached to an aromatic ring is 1. The first kappa shape index (κ1) is 13.9. The zero-order chi connectivity index (χ0) is 14.5. The third kappa shape index (κ3) is 3.26. The Labute approximate surface area is 117 Å². The van der Waals surface area contributed by atoms with Crippen molar-refractivity contribution in [1.29, 1.82) is 0 Å². The highest BCUT2D eigenvalue weighted by molar-refractivity contribution is 5.89. The molecule has 0 radical (unpaired) electrons. The minimum atomic E-state index is -1.03. The van der Waals surface area contributed by atoms with Gasteiger partial charge in [-0.05, 0) is 17.5 Å². The summed E-state index contributed by atoms with van der Waals surface area (Å²) in [4.78, 5) is 14.8. The summed E-state index contributed by atoms with van der Waals surface area (Å²) in [5, 5.41) is 12.0. The number of aromatic carboxylic acids is 1. The van der Waals surface area contributed by atoms with E-state index in [1.54, 1.807) is 0 Å². The van der Waals surface area contributed by atoms with E-state index in [-0.39, 0.29) is 5.56 Å². The number of hydrogen-bond donors (Lipinski definition) is 3. The standard InChI is InChI=1S/C15H17N3O2/c1-10(11-5-3-2-4-6-11)8-17-14-13(16)7-12(9-18-14)15(19)20/h2-7,9-10H,8,16H2,1H3,(H,17,18)(H,19,20). The predicted octanol–water partition coefficient (Wildman–Crippen LogP) is 2.58. The van der Waals surface area contributed by atoms with Gasteiger partial charge < -0.3 is 16.2 Å². The smallest absolute Gasteiger partial charge is 0.337 e. The molecule has 0 aliphatic heterocycles. The van der Waals surface area contributed by atoms with Crippen LogP contribution in [0, 0.1) is 0 Å². The molecule has 0 aliphatic rings. The monoisotopic (exact) mass is 271 g/mol. The van der Waals surface area contributed by atoms with Crippen LogP contribution >= 0.6 is 0 Å². The molecule has 0 aliphatic carbocycles. The highest BCUT2D eigenvalue weighted by Crippen LogP contribution is 2.19. The number of carboxylic acids is 1. The molecule has 5 nitrogen and oxygen atoms in total. The summed E-state index contributed by atoms with van der Waals surface area (Å²) in [5.41, 5.74) is 7.44. The van der Waals surface area contributed by atoms with Crippen molar-refractivity contribution in [2.75, 3.05) is 17.6 Å². The molecular formula is C15H17N3O2. The van der Waals surface area contributed by atoms with E-state index < -0.39 is 5.97 Å². The second-order valence-electron chi connectivity index (χ2n) is 4.66. The maximum absolute atomic E-state index is 10.8. The Hall–Kier alpha value is -2.56. The van der Waals surface area contributed by atoms with E-state index in [0.29, 0.717) is 24.0 Å². The van der Waals surface area contributed by atoms with E-state index in [4.69, 9.17) is 10.8 Å². The Morgan fingerprint density at radius 3 is 2.70 bits per heavy atom. The number of rotatable bonds is 5. The van der Waals surface area contributed by atoms with Crippen molar-refractivity contribution >= 4 is 17.5 Å². The second kappa shape index (κ2) is 6.06. The van der Waals surface area contributed by atoms with E-state index in [1.165, 1.54) is 17.8 Å². The maximum Gasteiger partial charge on any atom is 0.337 e. The van der Waals surface area contributed by atoms with Crippen molar-refractivity contribution in [2.24, 2.45) is 0 Å². The van der Waals surface area contributed by atoms with Crippen LogP contribution in [0.5, 0.6) is 0 Å². The average Bonchev–Trinajstić information content (AvgIpc) is 2.46. The number of anilines is 2. The van der Waals surface area contributed by atoms with Gasteiger partial charge in [-0.3, -0.25) is 0 Å². The quantitative estimate of drug-likeness (QED) is 0.777. The molecule has 4 N–H and O–H groups in total. The summed E-state index contributed by atoms with van der Waals surface area (Å²) < 4.78 is 0. The van der Waals surface area contributed by atoms with Crippen molar-refractivity contribution in [3.63, 3.8) is 0 Å². The molecule has 104 valence electrons. The molecule has 0 bridgehead atoms. The Morgan fingerprint density at radius 2 is 2.10 bits per heavy atom. The van der Waals surface area contributed by atoms with Crippen LogP contribution in [-0.4, -0.2) is 22.6 Å². The van der Waals surface area contributed by atoms with Gasteiger partial charge in [0.25, 0.3) is 0 Å².